The number of benzene rings is 1. The van der Waals surface area contributed by atoms with Gasteiger partial charge in [-0.05, 0) is 40.5 Å². The Hall–Kier alpha value is -0.600. The molecule has 0 N–H and O–H groups in total. The number of hydrogen-bond acceptors (Lipinski definition) is 1. The number of aryl methyl sites for hydroxylation is 1. The molecule has 66 valence electrons. The number of aromatic nitrogens is 1. The molecule has 0 radical (unpaired) electrons. The molecule has 0 spiro atoms. The molecule has 0 saturated carbocycles. The first-order valence-electron chi connectivity index (χ1n) is 3.90. The zero-order valence-electron chi connectivity index (χ0n) is 7.01. The first-order valence-corrected chi connectivity index (χ1v) is 5.07. The average molecular weight is 257 g/mol. The van der Waals surface area contributed by atoms with Crippen molar-refractivity contribution in [2.75, 3.05) is 0 Å². The summed E-state index contributed by atoms with van der Waals surface area (Å²) >= 11 is 9.37. The van der Waals surface area contributed by atoms with Gasteiger partial charge in [0.05, 0.1) is 10.5 Å². The molecule has 1 heterocycles. The Labute approximate surface area is 89.9 Å². The third-order valence-electron chi connectivity index (χ3n) is 1.97. The molecule has 0 unspecified atom stereocenters. The van der Waals surface area contributed by atoms with Gasteiger partial charge in [0.2, 0.25) is 0 Å². The van der Waals surface area contributed by atoms with Crippen molar-refractivity contribution < 1.29 is 0 Å². The average Bonchev–Trinajstić information content (AvgIpc) is 2.07. The van der Waals surface area contributed by atoms with Gasteiger partial charge >= 0.3 is 0 Å². The second-order valence-electron chi connectivity index (χ2n) is 2.90. The maximum Gasteiger partial charge on any atom is 0.107 e. The lowest BCUT2D eigenvalue weighted by Crippen LogP contribution is -1.84. The molecule has 0 aliphatic rings. The molecule has 13 heavy (non-hydrogen) atoms. The van der Waals surface area contributed by atoms with E-state index in [-0.39, 0.29) is 0 Å². The highest BCUT2D eigenvalue weighted by molar-refractivity contribution is 9.10. The summed E-state index contributed by atoms with van der Waals surface area (Å²) < 4.78 is 0.825. The molecule has 0 saturated heterocycles. The van der Waals surface area contributed by atoms with Crippen molar-refractivity contribution in [2.45, 2.75) is 6.92 Å². The minimum Gasteiger partial charge on any atom is -0.239 e. The first-order chi connectivity index (χ1) is 6.18. The van der Waals surface area contributed by atoms with E-state index in [4.69, 9.17) is 11.6 Å². The van der Waals surface area contributed by atoms with E-state index >= 15 is 0 Å². The summed E-state index contributed by atoms with van der Waals surface area (Å²) in [6.07, 6.45) is 0. The van der Waals surface area contributed by atoms with Gasteiger partial charge < -0.3 is 0 Å². The number of nitrogens with zero attached hydrogens (tertiary/aromatic N) is 1. The van der Waals surface area contributed by atoms with E-state index in [9.17, 15) is 0 Å². The summed E-state index contributed by atoms with van der Waals surface area (Å²) in [6, 6.07) is 7.80. The number of para-hydroxylation sites is 1. The van der Waals surface area contributed by atoms with Crippen LogP contribution in [0, 0.1) is 6.92 Å². The van der Waals surface area contributed by atoms with E-state index in [1.807, 2.05) is 31.2 Å². The van der Waals surface area contributed by atoms with Crippen molar-refractivity contribution in [2.24, 2.45) is 0 Å². The topological polar surface area (TPSA) is 12.9 Å². The third kappa shape index (κ3) is 1.56. The number of rotatable bonds is 0. The lowest BCUT2D eigenvalue weighted by molar-refractivity contribution is 1.32. The minimum atomic E-state index is 0.696. The normalized spacial score (nSPS) is 10.7. The largest absolute Gasteiger partial charge is 0.239 e. The van der Waals surface area contributed by atoms with Crippen molar-refractivity contribution in [3.05, 3.63) is 39.5 Å². The van der Waals surface area contributed by atoms with Crippen LogP contribution >= 0.6 is 27.5 Å². The van der Waals surface area contributed by atoms with E-state index in [0.717, 1.165) is 15.5 Å². The van der Waals surface area contributed by atoms with Gasteiger partial charge in [-0.15, -0.1) is 0 Å². The SMILES string of the molecule is Cc1cc(Br)nc2c(Cl)cccc12. The van der Waals surface area contributed by atoms with E-state index in [1.54, 1.807) is 0 Å². The summed E-state index contributed by atoms with van der Waals surface area (Å²) in [7, 11) is 0. The number of fused-ring (bicyclic) bond motifs is 1. The zero-order valence-corrected chi connectivity index (χ0v) is 9.35. The van der Waals surface area contributed by atoms with Crippen LogP contribution in [0.4, 0.5) is 0 Å². The predicted molar refractivity (Wildman–Crippen MR) is 59.2 cm³/mol. The van der Waals surface area contributed by atoms with Gasteiger partial charge in [0.25, 0.3) is 0 Å². The van der Waals surface area contributed by atoms with Crippen molar-refractivity contribution in [1.82, 2.24) is 4.98 Å². The van der Waals surface area contributed by atoms with Crippen LogP contribution in [0.2, 0.25) is 5.02 Å². The molecular weight excluding hydrogens is 249 g/mol. The zero-order chi connectivity index (χ0) is 9.42. The van der Waals surface area contributed by atoms with Crippen LogP contribution in [0.5, 0.6) is 0 Å². The van der Waals surface area contributed by atoms with Crippen molar-refractivity contribution in [1.29, 1.82) is 0 Å². The monoisotopic (exact) mass is 255 g/mol. The summed E-state index contributed by atoms with van der Waals surface area (Å²) in [4.78, 5) is 4.32. The molecule has 0 bridgehead atoms. The standard InChI is InChI=1S/C10H7BrClN/c1-6-5-9(11)13-10-7(6)3-2-4-8(10)12/h2-5H,1H3. The van der Waals surface area contributed by atoms with Crippen LogP contribution in [-0.4, -0.2) is 4.98 Å². The molecular formula is C10H7BrClN. The van der Waals surface area contributed by atoms with Crippen LogP contribution in [-0.2, 0) is 0 Å². The number of pyridine rings is 1. The Morgan fingerprint density at radius 3 is 2.92 bits per heavy atom. The molecule has 0 amide bonds. The maximum atomic E-state index is 6.02. The molecule has 0 aliphatic carbocycles. The van der Waals surface area contributed by atoms with Crippen molar-refractivity contribution in [3.63, 3.8) is 0 Å². The molecule has 1 aromatic carbocycles. The van der Waals surface area contributed by atoms with Gasteiger partial charge in [0, 0.05) is 5.39 Å². The quantitative estimate of drug-likeness (QED) is 0.650. The summed E-state index contributed by atoms with van der Waals surface area (Å²) in [5.41, 5.74) is 2.04. The first kappa shape index (κ1) is 8.97. The number of halogens is 2. The molecule has 2 aromatic rings. The molecule has 2 rings (SSSR count). The Balaban J connectivity index is 2.94. The fourth-order valence-corrected chi connectivity index (χ4v) is 2.08. The lowest BCUT2D eigenvalue weighted by Gasteiger charge is -2.03. The Kier molecular flexibility index (Phi) is 2.26. The Morgan fingerprint density at radius 1 is 1.38 bits per heavy atom. The van der Waals surface area contributed by atoms with Crippen LogP contribution in [0.1, 0.15) is 5.56 Å². The van der Waals surface area contributed by atoms with E-state index in [2.05, 4.69) is 20.9 Å². The molecule has 3 heteroatoms. The van der Waals surface area contributed by atoms with E-state index in [1.165, 1.54) is 5.56 Å². The van der Waals surface area contributed by atoms with Gasteiger partial charge in [-0.25, -0.2) is 4.98 Å². The predicted octanol–water partition coefficient (Wildman–Crippen LogP) is 3.96. The highest BCUT2D eigenvalue weighted by atomic mass is 79.9. The molecule has 1 aromatic heterocycles. The second kappa shape index (κ2) is 3.28. The van der Waals surface area contributed by atoms with Gasteiger partial charge in [-0.3, -0.25) is 0 Å². The van der Waals surface area contributed by atoms with Crippen LogP contribution in [0.25, 0.3) is 10.9 Å². The van der Waals surface area contributed by atoms with Crippen LogP contribution in [0.3, 0.4) is 0 Å². The molecule has 0 fully saturated rings. The van der Waals surface area contributed by atoms with E-state index < -0.39 is 0 Å². The van der Waals surface area contributed by atoms with Crippen LogP contribution < -0.4 is 0 Å². The molecule has 0 aliphatic heterocycles. The van der Waals surface area contributed by atoms with Gasteiger partial charge in [0.15, 0.2) is 0 Å². The fraction of sp³-hybridized carbons (Fsp3) is 0.100. The summed E-state index contributed by atoms with van der Waals surface area (Å²) in [5.74, 6) is 0. The smallest absolute Gasteiger partial charge is 0.107 e. The highest BCUT2D eigenvalue weighted by Crippen LogP contribution is 2.25. The highest BCUT2D eigenvalue weighted by Gasteiger charge is 2.03. The fourth-order valence-electron chi connectivity index (χ4n) is 1.34. The Bertz CT molecular complexity index is 468. The van der Waals surface area contributed by atoms with Crippen molar-refractivity contribution >= 4 is 38.4 Å². The molecule has 1 nitrogen and oxygen atoms in total. The van der Waals surface area contributed by atoms with Gasteiger partial charge in [-0.1, -0.05) is 23.7 Å². The summed E-state index contributed by atoms with van der Waals surface area (Å²) in [5, 5.41) is 1.80. The minimum absolute atomic E-state index is 0.696. The van der Waals surface area contributed by atoms with Crippen molar-refractivity contribution in [3.8, 4) is 0 Å². The summed E-state index contributed by atoms with van der Waals surface area (Å²) in [6.45, 7) is 2.05. The Morgan fingerprint density at radius 2 is 2.15 bits per heavy atom. The molecule has 0 atom stereocenters. The van der Waals surface area contributed by atoms with Gasteiger partial charge in [0.1, 0.15) is 4.60 Å². The van der Waals surface area contributed by atoms with Gasteiger partial charge in [-0.2, -0.15) is 0 Å². The van der Waals surface area contributed by atoms with E-state index in [0.29, 0.717) is 5.02 Å². The maximum absolute atomic E-state index is 6.02. The van der Waals surface area contributed by atoms with Crippen LogP contribution in [0.15, 0.2) is 28.9 Å². The second-order valence-corrected chi connectivity index (χ2v) is 4.12. The number of hydrogen-bond donors (Lipinski definition) is 0. The third-order valence-corrected chi connectivity index (χ3v) is 2.68. The lowest BCUT2D eigenvalue weighted by atomic mass is 10.1.